The molecule has 1 N–H and O–H groups in total. The zero-order valence-corrected chi connectivity index (χ0v) is 11.3. The van der Waals surface area contributed by atoms with Crippen molar-refractivity contribution >= 4 is 11.8 Å². The van der Waals surface area contributed by atoms with Gasteiger partial charge in [-0.05, 0) is 32.4 Å². The van der Waals surface area contributed by atoms with Gasteiger partial charge in [-0.1, -0.05) is 26.2 Å². The summed E-state index contributed by atoms with van der Waals surface area (Å²) in [5.74, 6) is -0.137. The predicted octanol–water partition coefficient (Wildman–Crippen LogP) is 1.70. The first-order valence-electron chi connectivity index (χ1n) is 7.23. The van der Waals surface area contributed by atoms with E-state index in [-0.39, 0.29) is 17.2 Å². The molecule has 2 aliphatic rings. The number of piperidine rings is 1. The van der Waals surface area contributed by atoms with E-state index in [4.69, 9.17) is 0 Å². The summed E-state index contributed by atoms with van der Waals surface area (Å²) in [6.45, 7) is 5.17. The van der Waals surface area contributed by atoms with Crippen LogP contribution in [0.1, 0.15) is 51.9 Å². The molecule has 1 atom stereocenters. The second-order valence-electron chi connectivity index (χ2n) is 5.74. The van der Waals surface area contributed by atoms with Gasteiger partial charge in [0.25, 0.3) is 0 Å². The van der Waals surface area contributed by atoms with Crippen molar-refractivity contribution in [2.75, 3.05) is 19.6 Å². The topological polar surface area (TPSA) is 49.4 Å². The Bertz CT molecular complexity index is 330. The van der Waals surface area contributed by atoms with Crippen LogP contribution < -0.4 is 5.32 Å². The number of hydrogen-bond acceptors (Lipinski definition) is 3. The minimum Gasteiger partial charge on any atom is -0.302 e. The first kappa shape index (κ1) is 13.5. The molecule has 2 saturated heterocycles. The van der Waals surface area contributed by atoms with Crippen molar-refractivity contribution in [1.82, 2.24) is 10.2 Å². The Morgan fingerprint density at radius 3 is 2.78 bits per heavy atom. The van der Waals surface area contributed by atoms with Crippen molar-refractivity contribution in [2.24, 2.45) is 5.41 Å². The number of carbonyl (C=O) groups excluding carboxylic acids is 2. The zero-order valence-electron chi connectivity index (χ0n) is 11.3. The van der Waals surface area contributed by atoms with E-state index in [1.54, 1.807) is 0 Å². The molecule has 1 spiro atoms. The Morgan fingerprint density at radius 1 is 1.22 bits per heavy atom. The summed E-state index contributed by atoms with van der Waals surface area (Å²) in [4.78, 5) is 25.6. The maximum Gasteiger partial charge on any atom is 0.234 e. The van der Waals surface area contributed by atoms with E-state index in [9.17, 15) is 9.59 Å². The van der Waals surface area contributed by atoms with Crippen LogP contribution in [0.15, 0.2) is 0 Å². The van der Waals surface area contributed by atoms with Gasteiger partial charge < -0.3 is 4.90 Å². The maximum absolute atomic E-state index is 12.0. The highest BCUT2D eigenvalue weighted by molar-refractivity contribution is 6.00. The fourth-order valence-electron chi connectivity index (χ4n) is 3.09. The molecule has 2 fully saturated rings. The van der Waals surface area contributed by atoms with Crippen molar-refractivity contribution in [3.8, 4) is 0 Å². The van der Waals surface area contributed by atoms with Crippen LogP contribution in [0.3, 0.4) is 0 Å². The lowest BCUT2D eigenvalue weighted by Gasteiger charge is -2.31. The molecule has 0 aliphatic carbocycles. The summed E-state index contributed by atoms with van der Waals surface area (Å²) < 4.78 is 0. The van der Waals surface area contributed by atoms with Gasteiger partial charge in [-0.3, -0.25) is 14.9 Å². The molecule has 2 amide bonds. The third-order valence-corrected chi connectivity index (χ3v) is 4.33. The second kappa shape index (κ2) is 5.83. The minimum absolute atomic E-state index is 0.0326. The molecule has 102 valence electrons. The third kappa shape index (κ3) is 2.91. The Balaban J connectivity index is 1.80. The van der Waals surface area contributed by atoms with E-state index >= 15 is 0 Å². The first-order valence-corrected chi connectivity index (χ1v) is 7.23. The number of hydrogen-bond donors (Lipinski definition) is 1. The molecule has 1 unspecified atom stereocenters. The van der Waals surface area contributed by atoms with E-state index in [1.165, 1.54) is 25.7 Å². The summed E-state index contributed by atoms with van der Waals surface area (Å²) in [5.41, 5.74) is -0.265. The fourth-order valence-corrected chi connectivity index (χ4v) is 3.09. The SMILES string of the molecule is CCCCCCN1CCC2(CCC(=O)NC2=O)C1. The second-order valence-corrected chi connectivity index (χ2v) is 5.74. The van der Waals surface area contributed by atoms with Crippen LogP contribution in [-0.4, -0.2) is 36.3 Å². The molecule has 0 radical (unpaired) electrons. The van der Waals surface area contributed by atoms with Crippen molar-refractivity contribution in [3.63, 3.8) is 0 Å². The molecule has 0 bridgehead atoms. The molecular weight excluding hydrogens is 228 g/mol. The molecule has 0 aromatic rings. The van der Waals surface area contributed by atoms with Gasteiger partial charge in [0.05, 0.1) is 5.41 Å². The smallest absolute Gasteiger partial charge is 0.234 e. The maximum atomic E-state index is 12.0. The number of unbranched alkanes of at least 4 members (excludes halogenated alkanes) is 3. The number of likely N-dealkylation sites (tertiary alicyclic amines) is 1. The lowest BCUT2D eigenvalue weighted by atomic mass is 9.79. The zero-order chi connectivity index (χ0) is 13.0. The number of rotatable bonds is 5. The standard InChI is InChI=1S/C14H24N2O2/c1-2-3-4-5-9-16-10-8-14(11-16)7-6-12(17)15-13(14)18/h2-11H2,1H3,(H,15,17,18). The fraction of sp³-hybridized carbons (Fsp3) is 0.857. The van der Waals surface area contributed by atoms with E-state index in [0.717, 1.165) is 32.5 Å². The van der Waals surface area contributed by atoms with E-state index < -0.39 is 0 Å². The van der Waals surface area contributed by atoms with Gasteiger partial charge >= 0.3 is 0 Å². The van der Waals surface area contributed by atoms with Crippen LogP contribution in [0.2, 0.25) is 0 Å². The number of nitrogens with zero attached hydrogens (tertiary/aromatic N) is 1. The van der Waals surface area contributed by atoms with Gasteiger partial charge in [0.15, 0.2) is 0 Å². The van der Waals surface area contributed by atoms with Crippen molar-refractivity contribution in [2.45, 2.75) is 51.9 Å². The largest absolute Gasteiger partial charge is 0.302 e. The molecule has 0 aromatic heterocycles. The van der Waals surface area contributed by atoms with Crippen molar-refractivity contribution in [3.05, 3.63) is 0 Å². The molecule has 18 heavy (non-hydrogen) atoms. The number of amides is 2. The molecule has 0 saturated carbocycles. The Labute approximate surface area is 109 Å². The number of carbonyl (C=O) groups is 2. The van der Waals surface area contributed by atoms with Crippen LogP contribution in [0.5, 0.6) is 0 Å². The van der Waals surface area contributed by atoms with Crippen molar-refractivity contribution in [1.29, 1.82) is 0 Å². The predicted molar refractivity (Wildman–Crippen MR) is 70.0 cm³/mol. The lowest BCUT2D eigenvalue weighted by molar-refractivity contribution is -0.141. The van der Waals surface area contributed by atoms with Crippen LogP contribution in [-0.2, 0) is 9.59 Å². The highest BCUT2D eigenvalue weighted by Gasteiger charge is 2.47. The third-order valence-electron chi connectivity index (χ3n) is 4.33. The Hall–Kier alpha value is -0.900. The summed E-state index contributed by atoms with van der Waals surface area (Å²) in [7, 11) is 0. The van der Waals surface area contributed by atoms with Gasteiger partial charge in [-0.2, -0.15) is 0 Å². The van der Waals surface area contributed by atoms with Crippen LogP contribution in [0, 0.1) is 5.41 Å². The van der Waals surface area contributed by atoms with Crippen LogP contribution in [0.25, 0.3) is 0 Å². The summed E-state index contributed by atoms with van der Waals surface area (Å²) >= 11 is 0. The van der Waals surface area contributed by atoms with Gasteiger partial charge in [0, 0.05) is 13.0 Å². The highest BCUT2D eigenvalue weighted by Crippen LogP contribution is 2.37. The van der Waals surface area contributed by atoms with Crippen LogP contribution >= 0.6 is 0 Å². The monoisotopic (exact) mass is 252 g/mol. The van der Waals surface area contributed by atoms with Crippen molar-refractivity contribution < 1.29 is 9.59 Å². The van der Waals surface area contributed by atoms with Crippen LogP contribution in [0.4, 0.5) is 0 Å². The lowest BCUT2D eigenvalue weighted by Crippen LogP contribution is -2.50. The Kier molecular flexibility index (Phi) is 4.38. The number of imide groups is 1. The molecule has 2 aliphatic heterocycles. The van der Waals surface area contributed by atoms with E-state index in [0.29, 0.717) is 6.42 Å². The summed E-state index contributed by atoms with van der Waals surface area (Å²) in [6, 6.07) is 0. The van der Waals surface area contributed by atoms with Gasteiger partial charge in [-0.25, -0.2) is 0 Å². The quantitative estimate of drug-likeness (QED) is 0.598. The normalized spacial score (nSPS) is 28.9. The molecule has 2 heterocycles. The average Bonchev–Trinajstić information content (AvgIpc) is 2.76. The van der Waals surface area contributed by atoms with E-state index in [1.807, 2.05) is 0 Å². The molecular formula is C14H24N2O2. The van der Waals surface area contributed by atoms with Gasteiger partial charge in [0.2, 0.25) is 11.8 Å². The Morgan fingerprint density at radius 2 is 2.06 bits per heavy atom. The molecule has 4 heteroatoms. The molecule has 2 rings (SSSR count). The van der Waals surface area contributed by atoms with Gasteiger partial charge in [0.1, 0.15) is 0 Å². The van der Waals surface area contributed by atoms with Gasteiger partial charge in [-0.15, -0.1) is 0 Å². The minimum atomic E-state index is -0.265. The van der Waals surface area contributed by atoms with E-state index in [2.05, 4.69) is 17.1 Å². The highest BCUT2D eigenvalue weighted by atomic mass is 16.2. The molecule has 4 nitrogen and oxygen atoms in total. The first-order chi connectivity index (χ1) is 8.66. The molecule has 0 aromatic carbocycles. The summed E-state index contributed by atoms with van der Waals surface area (Å²) in [5, 5.41) is 2.50. The number of nitrogens with one attached hydrogen (secondary N) is 1. The average molecular weight is 252 g/mol. The summed E-state index contributed by atoms with van der Waals surface area (Å²) in [6.07, 6.45) is 7.23.